The fourth-order valence-corrected chi connectivity index (χ4v) is 3.52. The van der Waals surface area contributed by atoms with E-state index in [0.29, 0.717) is 23.6 Å². The molecule has 1 aliphatic rings. The summed E-state index contributed by atoms with van der Waals surface area (Å²) in [7, 11) is 0. The van der Waals surface area contributed by atoms with Gasteiger partial charge in [0.15, 0.2) is 0 Å². The molecule has 1 aliphatic heterocycles. The molecule has 31 heavy (non-hydrogen) atoms. The molecule has 5 nitrogen and oxygen atoms in total. The van der Waals surface area contributed by atoms with Crippen LogP contribution in [-0.4, -0.2) is 18.4 Å². The summed E-state index contributed by atoms with van der Waals surface area (Å²) >= 11 is 0. The molecule has 0 aromatic heterocycles. The minimum Gasteiger partial charge on any atom is -0.494 e. The summed E-state index contributed by atoms with van der Waals surface area (Å²) in [5, 5.41) is 3.08. The summed E-state index contributed by atoms with van der Waals surface area (Å²) in [5.74, 6) is -1.19. The van der Waals surface area contributed by atoms with Crippen molar-refractivity contribution in [3.05, 3.63) is 95.4 Å². The van der Waals surface area contributed by atoms with Crippen LogP contribution in [0.1, 0.15) is 18.1 Å². The first-order valence-corrected chi connectivity index (χ1v) is 9.94. The minimum atomic E-state index is -0.646. The van der Waals surface area contributed by atoms with Gasteiger partial charge in [0.2, 0.25) is 0 Å². The van der Waals surface area contributed by atoms with Crippen molar-refractivity contribution in [2.45, 2.75) is 13.8 Å². The van der Waals surface area contributed by atoms with Gasteiger partial charge in [0.25, 0.3) is 11.8 Å². The van der Waals surface area contributed by atoms with E-state index in [0.717, 1.165) is 10.5 Å². The summed E-state index contributed by atoms with van der Waals surface area (Å²) < 4.78 is 19.9. The maximum Gasteiger partial charge on any atom is 0.282 e. The second-order valence-electron chi connectivity index (χ2n) is 7.10. The smallest absolute Gasteiger partial charge is 0.282 e. The van der Waals surface area contributed by atoms with Gasteiger partial charge in [-0.2, -0.15) is 0 Å². The molecule has 0 radical (unpaired) electrons. The van der Waals surface area contributed by atoms with Crippen LogP contribution in [0.4, 0.5) is 15.8 Å². The predicted octanol–water partition coefficient (Wildman–Crippen LogP) is 4.93. The Kier molecular flexibility index (Phi) is 5.54. The number of hydrogen-bond donors (Lipinski definition) is 1. The van der Waals surface area contributed by atoms with Gasteiger partial charge in [0, 0.05) is 5.69 Å². The highest BCUT2D eigenvalue weighted by Gasteiger charge is 2.41. The molecule has 0 aliphatic carbocycles. The summed E-state index contributed by atoms with van der Waals surface area (Å²) in [6.07, 6.45) is 0. The SMILES string of the molecule is CCOc1ccc(C2=C(Nc3cccc(C)c3)C(=O)N(c3ccccc3F)C2=O)cc1. The van der Waals surface area contributed by atoms with Crippen molar-refractivity contribution in [3.8, 4) is 5.75 Å². The van der Waals surface area contributed by atoms with E-state index in [1.165, 1.54) is 18.2 Å². The monoisotopic (exact) mass is 416 g/mol. The van der Waals surface area contributed by atoms with Crippen molar-refractivity contribution in [2.24, 2.45) is 0 Å². The van der Waals surface area contributed by atoms with E-state index in [9.17, 15) is 14.0 Å². The second-order valence-corrected chi connectivity index (χ2v) is 7.10. The lowest BCUT2D eigenvalue weighted by Crippen LogP contribution is -2.33. The first kappa shape index (κ1) is 20.3. The minimum absolute atomic E-state index is 0.0815. The van der Waals surface area contributed by atoms with Gasteiger partial charge >= 0.3 is 0 Å². The van der Waals surface area contributed by atoms with Gasteiger partial charge in [0.1, 0.15) is 17.3 Å². The van der Waals surface area contributed by atoms with E-state index in [4.69, 9.17) is 4.74 Å². The molecule has 1 N–H and O–H groups in total. The number of nitrogens with one attached hydrogen (secondary N) is 1. The zero-order valence-corrected chi connectivity index (χ0v) is 17.2. The topological polar surface area (TPSA) is 58.6 Å². The number of imide groups is 1. The van der Waals surface area contributed by atoms with Gasteiger partial charge in [-0.1, -0.05) is 36.4 Å². The van der Waals surface area contributed by atoms with Crippen LogP contribution in [0, 0.1) is 12.7 Å². The molecular weight excluding hydrogens is 395 g/mol. The number of nitrogens with zero attached hydrogens (tertiary/aromatic N) is 1. The predicted molar refractivity (Wildman–Crippen MR) is 118 cm³/mol. The van der Waals surface area contributed by atoms with Crippen LogP contribution in [0.2, 0.25) is 0 Å². The third-order valence-corrected chi connectivity index (χ3v) is 4.92. The van der Waals surface area contributed by atoms with E-state index < -0.39 is 17.6 Å². The lowest BCUT2D eigenvalue weighted by atomic mass is 10.0. The third-order valence-electron chi connectivity index (χ3n) is 4.92. The summed E-state index contributed by atoms with van der Waals surface area (Å²) in [6.45, 7) is 4.33. The number of hydrogen-bond acceptors (Lipinski definition) is 4. The zero-order chi connectivity index (χ0) is 22.0. The Morgan fingerprint density at radius 2 is 1.68 bits per heavy atom. The van der Waals surface area contributed by atoms with Crippen LogP contribution in [0.25, 0.3) is 5.57 Å². The maximum atomic E-state index is 14.5. The molecule has 0 spiro atoms. The van der Waals surface area contributed by atoms with Crippen molar-refractivity contribution in [1.29, 1.82) is 0 Å². The van der Waals surface area contributed by atoms with E-state index in [1.54, 1.807) is 36.4 Å². The fraction of sp³-hybridized carbons (Fsp3) is 0.120. The number of halogens is 1. The maximum absolute atomic E-state index is 14.5. The van der Waals surface area contributed by atoms with Crippen molar-refractivity contribution in [3.63, 3.8) is 0 Å². The molecule has 0 saturated carbocycles. The molecule has 0 saturated heterocycles. The molecule has 2 amide bonds. The van der Waals surface area contributed by atoms with Crippen LogP contribution in [0.3, 0.4) is 0 Å². The Morgan fingerprint density at radius 3 is 2.35 bits per heavy atom. The number of benzene rings is 3. The molecule has 4 rings (SSSR count). The molecule has 0 unspecified atom stereocenters. The molecular formula is C25H21FN2O3. The molecule has 156 valence electrons. The average Bonchev–Trinajstić information content (AvgIpc) is 2.99. The van der Waals surface area contributed by atoms with E-state index >= 15 is 0 Å². The highest BCUT2D eigenvalue weighted by molar-refractivity contribution is 6.46. The standard InChI is InChI=1S/C25H21FN2O3/c1-3-31-19-13-11-17(12-14-19)22-23(27-18-8-6-7-16(2)15-18)25(30)28(24(22)29)21-10-5-4-9-20(21)26/h4-15,27H,3H2,1-2H3. The first-order valence-electron chi connectivity index (χ1n) is 9.94. The number of amides is 2. The second kappa shape index (κ2) is 8.44. The van der Waals surface area contributed by atoms with Crippen LogP contribution < -0.4 is 15.0 Å². The highest BCUT2D eigenvalue weighted by Crippen LogP contribution is 2.35. The van der Waals surface area contributed by atoms with E-state index in [1.807, 2.05) is 32.0 Å². The lowest BCUT2D eigenvalue weighted by Gasteiger charge is -2.16. The van der Waals surface area contributed by atoms with Gasteiger partial charge < -0.3 is 10.1 Å². The molecule has 3 aromatic carbocycles. The highest BCUT2D eigenvalue weighted by atomic mass is 19.1. The van der Waals surface area contributed by atoms with E-state index in [-0.39, 0.29) is 17.0 Å². The van der Waals surface area contributed by atoms with Gasteiger partial charge in [-0.3, -0.25) is 9.59 Å². The lowest BCUT2D eigenvalue weighted by molar-refractivity contribution is -0.120. The van der Waals surface area contributed by atoms with E-state index in [2.05, 4.69) is 5.32 Å². The number of carbonyl (C=O) groups excluding carboxylic acids is 2. The average molecular weight is 416 g/mol. The summed E-state index contributed by atoms with van der Waals surface area (Å²) in [6, 6.07) is 20.1. The molecule has 1 heterocycles. The number of carbonyl (C=O) groups is 2. The van der Waals surface area contributed by atoms with Crippen molar-refractivity contribution < 1.29 is 18.7 Å². The number of anilines is 2. The third kappa shape index (κ3) is 3.92. The van der Waals surface area contributed by atoms with Crippen molar-refractivity contribution in [1.82, 2.24) is 0 Å². The molecule has 3 aromatic rings. The molecule has 0 atom stereocenters. The van der Waals surface area contributed by atoms with Crippen molar-refractivity contribution in [2.75, 3.05) is 16.8 Å². The van der Waals surface area contributed by atoms with Crippen LogP contribution in [-0.2, 0) is 9.59 Å². The van der Waals surface area contributed by atoms with Crippen LogP contribution >= 0.6 is 0 Å². The normalized spacial score (nSPS) is 13.7. The fourth-order valence-electron chi connectivity index (χ4n) is 3.52. The molecule has 0 bridgehead atoms. The van der Waals surface area contributed by atoms with Gasteiger partial charge in [0.05, 0.1) is 17.9 Å². The number of ether oxygens (including phenoxy) is 1. The van der Waals surface area contributed by atoms with Gasteiger partial charge in [-0.15, -0.1) is 0 Å². The number of rotatable bonds is 6. The molecule has 6 heteroatoms. The summed E-state index contributed by atoms with van der Waals surface area (Å²) in [5.41, 5.74) is 2.39. The number of para-hydroxylation sites is 1. The Labute approximate surface area is 179 Å². The van der Waals surface area contributed by atoms with Gasteiger partial charge in [-0.05, 0) is 61.4 Å². The Bertz CT molecular complexity index is 1190. The Hall–Kier alpha value is -3.93. The largest absolute Gasteiger partial charge is 0.494 e. The zero-order valence-electron chi connectivity index (χ0n) is 17.2. The van der Waals surface area contributed by atoms with Gasteiger partial charge in [-0.25, -0.2) is 9.29 Å². The summed E-state index contributed by atoms with van der Waals surface area (Å²) in [4.78, 5) is 27.5. The van der Waals surface area contributed by atoms with Crippen LogP contribution in [0.15, 0.2) is 78.5 Å². The molecule has 0 fully saturated rings. The van der Waals surface area contributed by atoms with Crippen molar-refractivity contribution >= 4 is 28.8 Å². The number of aryl methyl sites for hydroxylation is 1. The quantitative estimate of drug-likeness (QED) is 0.579. The first-order chi connectivity index (χ1) is 15.0. The Morgan fingerprint density at radius 1 is 0.935 bits per heavy atom. The Balaban J connectivity index is 1.81. The van der Waals surface area contributed by atoms with Crippen LogP contribution in [0.5, 0.6) is 5.75 Å².